The molecule has 0 aliphatic carbocycles. The third-order valence-corrected chi connectivity index (χ3v) is 4.41. The van der Waals surface area contributed by atoms with Gasteiger partial charge in [0.15, 0.2) is 0 Å². The highest BCUT2D eigenvalue weighted by Crippen LogP contribution is 2.29. The molecule has 1 aromatic carbocycles. The van der Waals surface area contributed by atoms with Crippen molar-refractivity contribution in [2.75, 3.05) is 19.5 Å². The number of hydrogen-bond donors (Lipinski definition) is 1. The fourth-order valence-corrected chi connectivity index (χ4v) is 3.51. The number of hydrogen-bond acceptors (Lipinski definition) is 5. The third-order valence-electron chi connectivity index (χ3n) is 3.68. The lowest BCUT2D eigenvalue weighted by molar-refractivity contribution is -0.0391. The summed E-state index contributed by atoms with van der Waals surface area (Å²) in [6.07, 6.45) is 0.480. The summed E-state index contributed by atoms with van der Waals surface area (Å²) in [6, 6.07) is 9.54. The van der Waals surface area contributed by atoms with Crippen LogP contribution < -0.4 is 4.72 Å². The van der Waals surface area contributed by atoms with Crippen molar-refractivity contribution in [1.82, 2.24) is 4.72 Å². The van der Waals surface area contributed by atoms with E-state index in [0.717, 1.165) is 11.8 Å². The molecule has 3 rings (SSSR count). The molecule has 2 heterocycles. The van der Waals surface area contributed by atoms with Crippen LogP contribution in [0.2, 0.25) is 0 Å². The van der Waals surface area contributed by atoms with Crippen LogP contribution in [0, 0.1) is 0 Å². The average molecular weight is 313 g/mol. The lowest BCUT2D eigenvalue weighted by Crippen LogP contribution is -2.43. The molecule has 1 aromatic rings. The molecule has 0 unspecified atom stereocenters. The van der Waals surface area contributed by atoms with Gasteiger partial charge in [-0.1, -0.05) is 30.3 Å². The highest BCUT2D eigenvalue weighted by atomic mass is 32.2. The summed E-state index contributed by atoms with van der Waals surface area (Å²) in [4.78, 5) is 0. The molecule has 2 aliphatic rings. The molecule has 2 fully saturated rings. The van der Waals surface area contributed by atoms with Gasteiger partial charge < -0.3 is 14.2 Å². The Labute approximate surface area is 124 Å². The van der Waals surface area contributed by atoms with Gasteiger partial charge in [0.2, 0.25) is 10.0 Å². The van der Waals surface area contributed by atoms with Crippen LogP contribution in [0.5, 0.6) is 0 Å². The van der Waals surface area contributed by atoms with Crippen molar-refractivity contribution in [3.05, 3.63) is 35.9 Å². The Morgan fingerprint density at radius 2 is 1.90 bits per heavy atom. The van der Waals surface area contributed by atoms with Crippen LogP contribution in [0.1, 0.15) is 5.56 Å². The normalized spacial score (nSPS) is 32.2. The van der Waals surface area contributed by atoms with Crippen molar-refractivity contribution < 1.29 is 22.6 Å². The Bertz CT molecular complexity index is 576. The standard InChI is InChI=1S/C14H19NO5S/c1-21(16,17)15-11-8-19-14-12(9-20-13(11)14)18-7-10-5-3-2-4-6-10/h2-6,11-15H,7-9H2,1H3/t11-,12-,13-,14+/m1/s1. The molecular formula is C14H19NO5S. The van der Waals surface area contributed by atoms with E-state index in [-0.39, 0.29) is 24.4 Å². The van der Waals surface area contributed by atoms with Gasteiger partial charge in [0.1, 0.15) is 18.3 Å². The minimum absolute atomic E-state index is 0.165. The molecule has 21 heavy (non-hydrogen) atoms. The van der Waals surface area contributed by atoms with E-state index in [4.69, 9.17) is 14.2 Å². The Morgan fingerprint density at radius 3 is 2.62 bits per heavy atom. The first-order valence-electron chi connectivity index (χ1n) is 6.89. The summed E-state index contributed by atoms with van der Waals surface area (Å²) in [5.74, 6) is 0. The highest BCUT2D eigenvalue weighted by Gasteiger charge is 2.49. The summed E-state index contributed by atoms with van der Waals surface area (Å²) in [5, 5.41) is 0. The van der Waals surface area contributed by atoms with Gasteiger partial charge in [0.25, 0.3) is 0 Å². The second kappa shape index (κ2) is 6.02. The molecule has 7 heteroatoms. The molecule has 0 radical (unpaired) electrons. The quantitative estimate of drug-likeness (QED) is 0.845. The summed E-state index contributed by atoms with van der Waals surface area (Å²) in [6.45, 7) is 1.23. The van der Waals surface area contributed by atoms with E-state index in [1.165, 1.54) is 0 Å². The predicted octanol–water partition coefficient (Wildman–Crippen LogP) is 0.287. The highest BCUT2D eigenvalue weighted by molar-refractivity contribution is 7.88. The maximum absolute atomic E-state index is 11.3. The van der Waals surface area contributed by atoms with Crippen LogP contribution in [-0.2, 0) is 30.8 Å². The van der Waals surface area contributed by atoms with Crippen LogP contribution in [-0.4, -0.2) is 52.2 Å². The number of fused-ring (bicyclic) bond motifs is 1. The van der Waals surface area contributed by atoms with Gasteiger partial charge in [-0.25, -0.2) is 13.1 Å². The van der Waals surface area contributed by atoms with Crippen molar-refractivity contribution in [2.24, 2.45) is 0 Å². The molecule has 4 atom stereocenters. The van der Waals surface area contributed by atoms with E-state index in [1.807, 2.05) is 30.3 Å². The van der Waals surface area contributed by atoms with Crippen LogP contribution in [0.4, 0.5) is 0 Å². The summed E-state index contributed by atoms with van der Waals surface area (Å²) >= 11 is 0. The van der Waals surface area contributed by atoms with Crippen LogP contribution in [0.25, 0.3) is 0 Å². The zero-order valence-corrected chi connectivity index (χ0v) is 12.6. The van der Waals surface area contributed by atoms with Crippen LogP contribution in [0.3, 0.4) is 0 Å². The van der Waals surface area contributed by atoms with E-state index in [1.54, 1.807) is 0 Å². The number of benzene rings is 1. The predicted molar refractivity (Wildman–Crippen MR) is 76.3 cm³/mol. The monoisotopic (exact) mass is 313 g/mol. The van der Waals surface area contributed by atoms with Crippen molar-refractivity contribution in [3.63, 3.8) is 0 Å². The molecule has 0 saturated carbocycles. The Balaban J connectivity index is 1.56. The number of nitrogens with one attached hydrogen (secondary N) is 1. The van der Waals surface area contributed by atoms with E-state index in [2.05, 4.69) is 4.72 Å². The maximum atomic E-state index is 11.3. The summed E-state index contributed by atoms with van der Waals surface area (Å²) < 4.78 is 42.4. The molecule has 0 spiro atoms. The Morgan fingerprint density at radius 1 is 1.19 bits per heavy atom. The largest absolute Gasteiger partial charge is 0.371 e. The molecule has 0 amide bonds. The minimum atomic E-state index is -3.27. The summed E-state index contributed by atoms with van der Waals surface area (Å²) in [7, 11) is -3.27. The van der Waals surface area contributed by atoms with Crippen molar-refractivity contribution >= 4 is 10.0 Å². The second-order valence-electron chi connectivity index (χ2n) is 5.43. The SMILES string of the molecule is CS(=O)(=O)N[C@@H]1CO[C@@H]2[C@@H]1OC[C@H]2OCc1ccccc1. The topological polar surface area (TPSA) is 73.9 Å². The van der Waals surface area contributed by atoms with Crippen molar-refractivity contribution in [2.45, 2.75) is 31.0 Å². The van der Waals surface area contributed by atoms with E-state index >= 15 is 0 Å². The fourth-order valence-electron chi connectivity index (χ4n) is 2.76. The van der Waals surface area contributed by atoms with Crippen molar-refractivity contribution in [3.8, 4) is 0 Å². The molecule has 6 nitrogen and oxygen atoms in total. The molecule has 0 bridgehead atoms. The second-order valence-corrected chi connectivity index (χ2v) is 7.21. The average Bonchev–Trinajstić information content (AvgIpc) is 3.00. The molecular weight excluding hydrogens is 294 g/mol. The molecule has 0 aromatic heterocycles. The maximum Gasteiger partial charge on any atom is 0.209 e. The lowest BCUT2D eigenvalue weighted by Gasteiger charge is -2.17. The Kier molecular flexibility index (Phi) is 4.28. The van der Waals surface area contributed by atoms with Gasteiger partial charge in [-0.2, -0.15) is 0 Å². The first kappa shape index (κ1) is 14.9. The van der Waals surface area contributed by atoms with Crippen LogP contribution >= 0.6 is 0 Å². The van der Waals surface area contributed by atoms with Gasteiger partial charge in [0.05, 0.1) is 32.1 Å². The van der Waals surface area contributed by atoms with Crippen molar-refractivity contribution in [1.29, 1.82) is 0 Å². The first-order chi connectivity index (χ1) is 10.0. The minimum Gasteiger partial charge on any atom is -0.371 e. The van der Waals surface area contributed by atoms with Gasteiger partial charge in [0, 0.05) is 0 Å². The number of sulfonamides is 1. The van der Waals surface area contributed by atoms with E-state index in [9.17, 15) is 8.42 Å². The molecule has 2 aliphatic heterocycles. The molecule has 2 saturated heterocycles. The number of rotatable bonds is 5. The lowest BCUT2D eigenvalue weighted by atomic mass is 10.1. The van der Waals surface area contributed by atoms with Crippen LogP contribution in [0.15, 0.2) is 30.3 Å². The third kappa shape index (κ3) is 3.61. The van der Waals surface area contributed by atoms with Gasteiger partial charge >= 0.3 is 0 Å². The zero-order chi connectivity index (χ0) is 14.9. The van der Waals surface area contributed by atoms with Gasteiger partial charge in [-0.15, -0.1) is 0 Å². The van der Waals surface area contributed by atoms with E-state index in [0.29, 0.717) is 19.8 Å². The number of ether oxygens (including phenoxy) is 3. The smallest absolute Gasteiger partial charge is 0.209 e. The van der Waals surface area contributed by atoms with Gasteiger partial charge in [-0.3, -0.25) is 0 Å². The van der Waals surface area contributed by atoms with E-state index < -0.39 is 10.0 Å². The Hall–Kier alpha value is -0.990. The van der Waals surface area contributed by atoms with Gasteiger partial charge in [-0.05, 0) is 5.56 Å². The zero-order valence-electron chi connectivity index (χ0n) is 11.8. The fraction of sp³-hybridized carbons (Fsp3) is 0.571. The first-order valence-corrected chi connectivity index (χ1v) is 8.78. The molecule has 1 N–H and O–H groups in total. The molecule has 116 valence electrons. The summed E-state index contributed by atoms with van der Waals surface area (Å²) in [5.41, 5.74) is 1.09.